The third-order valence-corrected chi connectivity index (χ3v) is 6.71. The molecule has 1 aliphatic rings. The van der Waals surface area contributed by atoms with Gasteiger partial charge in [0.1, 0.15) is 11.6 Å². The molecule has 0 atom stereocenters. The van der Waals surface area contributed by atoms with Crippen LogP contribution in [0.3, 0.4) is 0 Å². The maximum Gasteiger partial charge on any atom is 0.261 e. The van der Waals surface area contributed by atoms with E-state index in [1.54, 1.807) is 6.07 Å². The first-order chi connectivity index (χ1) is 16.8. The zero-order valence-electron chi connectivity index (χ0n) is 18.7. The van der Waals surface area contributed by atoms with Crippen LogP contribution in [0, 0.1) is 5.82 Å². The van der Waals surface area contributed by atoms with Gasteiger partial charge in [0.25, 0.3) is 10.0 Å². The van der Waals surface area contributed by atoms with Gasteiger partial charge >= 0.3 is 0 Å². The van der Waals surface area contributed by atoms with Gasteiger partial charge in [-0.15, -0.1) is 0 Å². The van der Waals surface area contributed by atoms with Crippen molar-refractivity contribution in [3.63, 3.8) is 0 Å². The van der Waals surface area contributed by atoms with Gasteiger partial charge in [-0.3, -0.25) is 14.3 Å². The van der Waals surface area contributed by atoms with E-state index in [0.717, 1.165) is 17.3 Å². The Morgan fingerprint density at radius 2 is 1.80 bits per heavy atom. The van der Waals surface area contributed by atoms with Gasteiger partial charge in [-0.05, 0) is 79.1 Å². The van der Waals surface area contributed by atoms with Gasteiger partial charge in [-0.2, -0.15) is 0 Å². The van der Waals surface area contributed by atoms with Crippen molar-refractivity contribution in [1.82, 2.24) is 0 Å². The predicted octanol–water partition coefficient (Wildman–Crippen LogP) is 4.31. The third kappa shape index (κ3) is 6.57. The Kier molecular flexibility index (Phi) is 7.31. The molecule has 0 spiro atoms. The predicted molar refractivity (Wildman–Crippen MR) is 130 cm³/mol. The Labute approximate surface area is 202 Å². The average Bonchev–Trinajstić information content (AvgIpc) is 2.82. The summed E-state index contributed by atoms with van der Waals surface area (Å²) in [4.78, 5) is 23.6. The highest BCUT2D eigenvalue weighted by molar-refractivity contribution is 7.92. The summed E-state index contributed by atoms with van der Waals surface area (Å²) in [5.74, 6) is -0.0838. The van der Waals surface area contributed by atoms with Crippen LogP contribution in [0.1, 0.15) is 24.8 Å². The second kappa shape index (κ2) is 10.6. The Hall–Kier alpha value is -3.92. The van der Waals surface area contributed by atoms with Crippen molar-refractivity contribution in [3.05, 3.63) is 78.1 Å². The van der Waals surface area contributed by atoms with Crippen LogP contribution >= 0.6 is 0 Å². The minimum atomic E-state index is -3.89. The van der Waals surface area contributed by atoms with Gasteiger partial charge in [0.15, 0.2) is 0 Å². The number of fused-ring (bicyclic) bond motifs is 1. The van der Waals surface area contributed by atoms with Gasteiger partial charge in [0.05, 0.1) is 17.2 Å². The molecule has 182 valence electrons. The molecule has 1 heterocycles. The molecule has 2 amide bonds. The van der Waals surface area contributed by atoms with E-state index in [4.69, 9.17) is 4.74 Å². The Balaban J connectivity index is 1.23. The quantitative estimate of drug-likeness (QED) is 0.381. The summed E-state index contributed by atoms with van der Waals surface area (Å²) in [6.07, 6.45) is 1.83. The first-order valence-corrected chi connectivity index (χ1v) is 12.5. The summed E-state index contributed by atoms with van der Waals surface area (Å²) < 4.78 is 46.3. The van der Waals surface area contributed by atoms with Gasteiger partial charge in [0, 0.05) is 24.2 Å². The van der Waals surface area contributed by atoms with Gasteiger partial charge in [-0.1, -0.05) is 6.07 Å². The standard InChI is InChI=1S/C25H24FN3O5S/c26-18-3-1-4-20(16-18)29-35(32,33)22-10-7-19(8-11-22)27-24(30)5-2-14-34-21-9-12-23-17(15-21)6-13-25(31)28-23/h1,3-4,7-12,15-16,29H,2,5-6,13-14H2,(H,27,30)(H,28,31). The maximum atomic E-state index is 13.3. The molecule has 0 unspecified atom stereocenters. The number of ether oxygens (including phenoxy) is 1. The van der Waals surface area contributed by atoms with E-state index in [1.165, 1.54) is 42.5 Å². The largest absolute Gasteiger partial charge is 0.494 e. The summed E-state index contributed by atoms with van der Waals surface area (Å²) >= 11 is 0. The maximum absolute atomic E-state index is 13.3. The lowest BCUT2D eigenvalue weighted by Crippen LogP contribution is -2.18. The van der Waals surface area contributed by atoms with Crippen LogP contribution in [0.2, 0.25) is 0 Å². The molecule has 3 N–H and O–H groups in total. The smallest absolute Gasteiger partial charge is 0.261 e. The number of aryl methyl sites for hydroxylation is 1. The normalized spacial score (nSPS) is 12.9. The molecule has 0 radical (unpaired) electrons. The number of carbonyl (C=O) groups excluding carboxylic acids is 2. The third-order valence-electron chi connectivity index (χ3n) is 5.31. The second-order valence-electron chi connectivity index (χ2n) is 8.01. The lowest BCUT2D eigenvalue weighted by molar-refractivity contribution is -0.117. The van der Waals surface area contributed by atoms with E-state index in [-0.39, 0.29) is 28.8 Å². The summed E-state index contributed by atoms with van der Waals surface area (Å²) in [6, 6.07) is 16.3. The monoisotopic (exact) mass is 497 g/mol. The lowest BCUT2D eigenvalue weighted by Gasteiger charge is -2.17. The minimum absolute atomic E-state index is 0.00831. The van der Waals surface area contributed by atoms with E-state index in [2.05, 4.69) is 15.4 Å². The van der Waals surface area contributed by atoms with E-state index >= 15 is 0 Å². The zero-order chi connectivity index (χ0) is 24.8. The number of anilines is 3. The molecule has 3 aromatic rings. The summed E-state index contributed by atoms with van der Waals surface area (Å²) in [5.41, 5.74) is 2.40. The van der Waals surface area contributed by atoms with E-state index in [1.807, 2.05) is 12.1 Å². The van der Waals surface area contributed by atoms with Crippen molar-refractivity contribution in [2.24, 2.45) is 0 Å². The SMILES string of the molecule is O=C(CCCOc1ccc2c(c1)CCC(=O)N2)Nc1ccc(S(=O)(=O)Nc2cccc(F)c2)cc1. The van der Waals surface area contributed by atoms with Crippen LogP contribution < -0.4 is 20.1 Å². The van der Waals surface area contributed by atoms with E-state index in [0.29, 0.717) is 37.3 Å². The van der Waals surface area contributed by atoms with Crippen molar-refractivity contribution in [3.8, 4) is 5.75 Å². The fourth-order valence-corrected chi connectivity index (χ4v) is 4.63. The molecule has 8 nitrogen and oxygen atoms in total. The number of rotatable bonds is 9. The Bertz CT molecular complexity index is 1340. The molecule has 35 heavy (non-hydrogen) atoms. The van der Waals surface area contributed by atoms with Crippen LogP contribution in [0.4, 0.5) is 21.5 Å². The van der Waals surface area contributed by atoms with Crippen molar-refractivity contribution in [2.45, 2.75) is 30.6 Å². The number of sulfonamides is 1. The van der Waals surface area contributed by atoms with Crippen LogP contribution in [0.15, 0.2) is 71.6 Å². The molecule has 0 aromatic heterocycles. The minimum Gasteiger partial charge on any atom is -0.494 e. The summed E-state index contributed by atoms with van der Waals surface area (Å²) in [6.45, 7) is 0.349. The van der Waals surface area contributed by atoms with Crippen LogP contribution in [0.25, 0.3) is 0 Å². The number of benzene rings is 3. The highest BCUT2D eigenvalue weighted by Crippen LogP contribution is 2.27. The molecule has 0 fully saturated rings. The van der Waals surface area contributed by atoms with Crippen LogP contribution in [0.5, 0.6) is 5.75 Å². The number of hydrogen-bond acceptors (Lipinski definition) is 5. The lowest BCUT2D eigenvalue weighted by atomic mass is 10.0. The highest BCUT2D eigenvalue weighted by atomic mass is 32.2. The number of nitrogens with one attached hydrogen (secondary N) is 3. The first-order valence-electron chi connectivity index (χ1n) is 11.0. The van der Waals surface area contributed by atoms with Gasteiger partial charge in [0.2, 0.25) is 11.8 Å². The molecular weight excluding hydrogens is 473 g/mol. The van der Waals surface area contributed by atoms with Crippen molar-refractivity contribution >= 4 is 38.9 Å². The number of amides is 2. The molecule has 0 aliphatic carbocycles. The molecule has 10 heteroatoms. The van der Waals surface area contributed by atoms with Crippen LogP contribution in [-0.2, 0) is 26.0 Å². The summed E-state index contributed by atoms with van der Waals surface area (Å²) in [5, 5.41) is 5.54. The Morgan fingerprint density at radius 1 is 1.00 bits per heavy atom. The number of hydrogen-bond donors (Lipinski definition) is 3. The first kappa shape index (κ1) is 24.2. The van der Waals surface area contributed by atoms with Crippen molar-refractivity contribution in [2.75, 3.05) is 22.0 Å². The fraction of sp³-hybridized carbons (Fsp3) is 0.200. The molecule has 0 saturated heterocycles. The molecule has 0 bridgehead atoms. The van der Waals surface area contributed by atoms with Crippen LogP contribution in [-0.4, -0.2) is 26.8 Å². The topological polar surface area (TPSA) is 114 Å². The fourth-order valence-electron chi connectivity index (χ4n) is 3.58. The zero-order valence-corrected chi connectivity index (χ0v) is 19.5. The Morgan fingerprint density at radius 3 is 2.57 bits per heavy atom. The molecule has 3 aromatic carbocycles. The number of halogens is 1. The molecule has 0 saturated carbocycles. The van der Waals surface area contributed by atoms with E-state index < -0.39 is 15.8 Å². The summed E-state index contributed by atoms with van der Waals surface area (Å²) in [7, 11) is -3.89. The highest BCUT2D eigenvalue weighted by Gasteiger charge is 2.16. The van der Waals surface area contributed by atoms with Gasteiger partial charge < -0.3 is 15.4 Å². The molecular formula is C25H24FN3O5S. The molecule has 1 aliphatic heterocycles. The number of carbonyl (C=O) groups is 2. The molecule has 4 rings (SSSR count). The van der Waals surface area contributed by atoms with Gasteiger partial charge in [-0.25, -0.2) is 12.8 Å². The van der Waals surface area contributed by atoms with Crippen molar-refractivity contribution < 1.29 is 27.1 Å². The average molecular weight is 498 g/mol. The van der Waals surface area contributed by atoms with E-state index in [9.17, 15) is 22.4 Å². The second-order valence-corrected chi connectivity index (χ2v) is 9.69. The van der Waals surface area contributed by atoms with Crippen molar-refractivity contribution in [1.29, 1.82) is 0 Å².